The summed E-state index contributed by atoms with van der Waals surface area (Å²) in [4.78, 5) is 0.881. The quantitative estimate of drug-likeness (QED) is 0.672. The van der Waals surface area contributed by atoms with Crippen LogP contribution in [0.1, 0.15) is 29.7 Å². The van der Waals surface area contributed by atoms with E-state index in [2.05, 4.69) is 21.3 Å². The highest BCUT2D eigenvalue weighted by molar-refractivity contribution is 7.87. The molecule has 0 atom stereocenters. The maximum Gasteiger partial charge on any atom is 0.277 e. The highest BCUT2D eigenvalue weighted by Crippen LogP contribution is 2.20. The van der Waals surface area contributed by atoms with Crippen LogP contribution in [0.3, 0.4) is 0 Å². The van der Waals surface area contributed by atoms with E-state index in [4.69, 9.17) is 5.11 Å². The molecular weight excluding hydrogens is 284 g/mol. The van der Waals surface area contributed by atoms with Gasteiger partial charge in [-0.15, -0.1) is 11.3 Å². The highest BCUT2D eigenvalue weighted by Gasteiger charge is 2.26. The molecule has 0 radical (unpaired) electrons. The average molecular weight is 300 g/mol. The second kappa shape index (κ2) is 6.50. The van der Waals surface area contributed by atoms with Crippen LogP contribution in [0.25, 0.3) is 0 Å². The first kappa shape index (κ1) is 14.5. The van der Waals surface area contributed by atoms with Crippen molar-refractivity contribution in [3.63, 3.8) is 0 Å². The van der Waals surface area contributed by atoms with Crippen LogP contribution >= 0.6 is 11.3 Å². The first-order valence-corrected chi connectivity index (χ1v) is 8.40. The molecule has 0 spiro atoms. The van der Waals surface area contributed by atoms with Crippen LogP contribution in [0.5, 0.6) is 0 Å². The van der Waals surface area contributed by atoms with E-state index < -0.39 is 10.2 Å². The third kappa shape index (κ3) is 4.93. The Balaban J connectivity index is 1.92. The van der Waals surface area contributed by atoms with E-state index in [-0.39, 0.29) is 19.2 Å². The minimum absolute atomic E-state index is 0.0322. The van der Waals surface area contributed by atoms with E-state index in [1.165, 1.54) is 11.3 Å². The van der Waals surface area contributed by atoms with Crippen LogP contribution in [0.2, 0.25) is 0 Å². The Hall–Kier alpha value is -0.910. The molecule has 0 aliphatic heterocycles. The molecule has 1 saturated carbocycles. The zero-order valence-corrected chi connectivity index (χ0v) is 12.0. The first-order valence-electron chi connectivity index (χ1n) is 6.04. The Kier molecular flexibility index (Phi) is 4.96. The Bertz CT molecular complexity index is 580. The molecule has 1 heterocycles. The molecule has 1 aromatic rings. The van der Waals surface area contributed by atoms with Crippen molar-refractivity contribution in [2.75, 3.05) is 6.61 Å². The topological polar surface area (TPSA) is 78.4 Å². The van der Waals surface area contributed by atoms with Crippen molar-refractivity contribution in [1.82, 2.24) is 9.44 Å². The van der Waals surface area contributed by atoms with Crippen LogP contribution in [0.4, 0.5) is 0 Å². The molecule has 0 amide bonds. The van der Waals surface area contributed by atoms with Gasteiger partial charge in [-0.1, -0.05) is 11.8 Å². The van der Waals surface area contributed by atoms with Crippen LogP contribution in [0.15, 0.2) is 11.4 Å². The molecule has 104 valence electrons. The summed E-state index contributed by atoms with van der Waals surface area (Å²) in [6, 6.07) is 1.96. The lowest BCUT2D eigenvalue weighted by Crippen LogP contribution is -2.37. The molecule has 0 aromatic carbocycles. The maximum absolute atomic E-state index is 11.7. The zero-order chi connectivity index (χ0) is 13.7. The minimum atomic E-state index is -3.42. The highest BCUT2D eigenvalue weighted by atomic mass is 32.2. The Labute approximate surface area is 117 Å². The summed E-state index contributed by atoms with van der Waals surface area (Å²) in [5.41, 5.74) is 0.813. The van der Waals surface area contributed by atoms with Gasteiger partial charge in [0.05, 0.1) is 6.61 Å². The summed E-state index contributed by atoms with van der Waals surface area (Å²) in [5.74, 6) is 5.76. The number of rotatable bonds is 6. The molecule has 3 N–H and O–H groups in total. The maximum atomic E-state index is 11.7. The molecule has 2 rings (SSSR count). The number of nitrogens with one attached hydrogen (secondary N) is 2. The second-order valence-electron chi connectivity index (χ2n) is 4.25. The third-order valence-electron chi connectivity index (χ3n) is 2.53. The molecular formula is C12H16N2O3S2. The fourth-order valence-corrected chi connectivity index (χ4v) is 3.38. The molecule has 0 unspecified atom stereocenters. The van der Waals surface area contributed by atoms with Gasteiger partial charge in [-0.25, -0.2) is 0 Å². The Morgan fingerprint density at radius 3 is 2.95 bits per heavy atom. The molecule has 0 saturated heterocycles. The summed E-state index contributed by atoms with van der Waals surface area (Å²) in [7, 11) is -3.42. The van der Waals surface area contributed by atoms with Crippen molar-refractivity contribution in [3.8, 4) is 11.8 Å². The van der Waals surface area contributed by atoms with E-state index in [1.807, 2.05) is 11.4 Å². The monoisotopic (exact) mass is 300 g/mol. The van der Waals surface area contributed by atoms with Gasteiger partial charge in [-0.3, -0.25) is 0 Å². The molecule has 1 fully saturated rings. The number of thiophene rings is 1. The minimum Gasteiger partial charge on any atom is -0.395 e. The van der Waals surface area contributed by atoms with Crippen molar-refractivity contribution < 1.29 is 13.5 Å². The third-order valence-corrected chi connectivity index (χ3v) is 4.62. The summed E-state index contributed by atoms with van der Waals surface area (Å²) in [6.07, 6.45) is 2.25. The molecule has 19 heavy (non-hydrogen) atoms. The van der Waals surface area contributed by atoms with Gasteiger partial charge in [0.15, 0.2) is 0 Å². The van der Waals surface area contributed by atoms with E-state index in [0.29, 0.717) is 6.42 Å². The fourth-order valence-electron chi connectivity index (χ4n) is 1.43. The lowest BCUT2D eigenvalue weighted by atomic mass is 10.2. The standard InChI is InChI=1S/C12H16N2O3S2/c15-7-2-1-3-10-6-8-18-12(10)9-13-19(16,17)14-11-4-5-11/h6,8,11,13-15H,2,4-5,7,9H2. The molecule has 7 heteroatoms. The van der Waals surface area contributed by atoms with Crippen LogP contribution in [-0.4, -0.2) is 26.2 Å². The summed E-state index contributed by atoms with van der Waals surface area (Å²) >= 11 is 1.46. The van der Waals surface area contributed by atoms with Crippen LogP contribution < -0.4 is 9.44 Å². The Morgan fingerprint density at radius 2 is 2.26 bits per heavy atom. The number of aliphatic hydroxyl groups is 1. The second-order valence-corrected chi connectivity index (χ2v) is 6.78. The molecule has 1 aromatic heterocycles. The van der Waals surface area contributed by atoms with Gasteiger partial charge in [-0.05, 0) is 24.3 Å². The van der Waals surface area contributed by atoms with E-state index >= 15 is 0 Å². The van der Waals surface area contributed by atoms with Gasteiger partial charge in [-0.2, -0.15) is 17.9 Å². The average Bonchev–Trinajstić information content (AvgIpc) is 3.04. The zero-order valence-electron chi connectivity index (χ0n) is 10.3. The molecule has 5 nitrogen and oxygen atoms in total. The van der Waals surface area contributed by atoms with Gasteiger partial charge >= 0.3 is 0 Å². The van der Waals surface area contributed by atoms with Crippen molar-refractivity contribution in [2.24, 2.45) is 0 Å². The van der Waals surface area contributed by atoms with Crippen LogP contribution in [-0.2, 0) is 16.8 Å². The van der Waals surface area contributed by atoms with Gasteiger partial charge in [0, 0.05) is 29.4 Å². The summed E-state index contributed by atoms with van der Waals surface area (Å²) < 4.78 is 28.4. The lowest BCUT2D eigenvalue weighted by Gasteiger charge is -2.06. The van der Waals surface area contributed by atoms with Gasteiger partial charge < -0.3 is 5.11 Å². The van der Waals surface area contributed by atoms with E-state index in [9.17, 15) is 8.42 Å². The predicted molar refractivity (Wildman–Crippen MR) is 74.8 cm³/mol. The van der Waals surface area contributed by atoms with Gasteiger partial charge in [0.25, 0.3) is 10.2 Å². The largest absolute Gasteiger partial charge is 0.395 e. The molecule has 0 bridgehead atoms. The van der Waals surface area contributed by atoms with Gasteiger partial charge in [0.1, 0.15) is 0 Å². The Morgan fingerprint density at radius 1 is 1.47 bits per heavy atom. The SMILES string of the molecule is O=S(=O)(NCc1sccc1C#CCCO)NC1CC1. The summed E-state index contributed by atoms with van der Waals surface area (Å²) in [6.45, 7) is 0.271. The molecule has 1 aliphatic carbocycles. The predicted octanol–water partition coefficient (Wildman–Crippen LogP) is 0.568. The first-order chi connectivity index (χ1) is 9.11. The fraction of sp³-hybridized carbons (Fsp3) is 0.500. The number of aliphatic hydroxyl groups excluding tert-OH is 1. The van der Waals surface area contributed by atoms with Crippen molar-refractivity contribution in [2.45, 2.75) is 31.8 Å². The smallest absolute Gasteiger partial charge is 0.277 e. The van der Waals surface area contributed by atoms with Crippen LogP contribution in [0, 0.1) is 11.8 Å². The lowest BCUT2D eigenvalue weighted by molar-refractivity contribution is 0.305. The van der Waals surface area contributed by atoms with E-state index in [0.717, 1.165) is 23.3 Å². The van der Waals surface area contributed by atoms with Crippen molar-refractivity contribution in [3.05, 3.63) is 21.9 Å². The van der Waals surface area contributed by atoms with Crippen molar-refractivity contribution in [1.29, 1.82) is 0 Å². The number of hydrogen-bond acceptors (Lipinski definition) is 4. The summed E-state index contributed by atoms with van der Waals surface area (Å²) in [5, 5.41) is 10.5. The van der Waals surface area contributed by atoms with Crippen molar-refractivity contribution >= 4 is 21.5 Å². The number of hydrogen-bond donors (Lipinski definition) is 3. The normalized spacial score (nSPS) is 15.0. The van der Waals surface area contributed by atoms with Gasteiger partial charge in [0.2, 0.25) is 0 Å². The van der Waals surface area contributed by atoms with E-state index in [1.54, 1.807) is 0 Å². The molecule has 1 aliphatic rings.